The number of fused-ring (bicyclic) bond motifs is 5. The summed E-state index contributed by atoms with van der Waals surface area (Å²) in [5, 5.41) is 38.6. The molecule has 1 saturated heterocycles. The van der Waals surface area contributed by atoms with E-state index in [1.807, 2.05) is 24.4 Å². The Balaban J connectivity index is 0.945. The van der Waals surface area contributed by atoms with E-state index in [1.54, 1.807) is 132 Å². The summed E-state index contributed by atoms with van der Waals surface area (Å²) in [5.41, 5.74) is 6.57. The van der Waals surface area contributed by atoms with Crippen molar-refractivity contribution in [3.8, 4) is 0 Å². The molecule has 24 heteroatoms. The monoisotopic (exact) mass is 1330 g/mol. The Morgan fingerprint density at radius 3 is 2.04 bits per heavy atom. The predicted molar refractivity (Wildman–Crippen MR) is 349 cm³/mol. The zero-order chi connectivity index (χ0) is 69.2. The fourth-order valence-electron chi connectivity index (χ4n) is 14.3. The smallest absolute Gasteiger partial charge is 0.350 e. The summed E-state index contributed by atoms with van der Waals surface area (Å²) in [7, 11) is 0. The lowest BCUT2D eigenvalue weighted by atomic mass is 9.41. The van der Waals surface area contributed by atoms with Gasteiger partial charge in [0.15, 0.2) is 5.78 Å². The van der Waals surface area contributed by atoms with Crippen LogP contribution in [0.1, 0.15) is 150 Å². The van der Waals surface area contributed by atoms with Crippen molar-refractivity contribution in [2.45, 2.75) is 167 Å². The Labute approximate surface area is 555 Å². The van der Waals surface area contributed by atoms with Crippen LogP contribution in [0.4, 0.5) is 0 Å². The lowest BCUT2D eigenvalue weighted by Crippen LogP contribution is -2.77. The second kappa shape index (κ2) is 30.8. The summed E-state index contributed by atoms with van der Waals surface area (Å²) >= 11 is 1.43. The molecule has 0 spiro atoms. The van der Waals surface area contributed by atoms with Crippen molar-refractivity contribution in [1.29, 1.82) is 0 Å². The van der Waals surface area contributed by atoms with E-state index in [-0.39, 0.29) is 75.0 Å². The number of primary amides is 2. The average Bonchev–Trinajstić information content (AvgIpc) is 0.726. The molecule has 23 nitrogen and oxygen atoms in total. The molecule has 2 unspecified atom stereocenters. The molecule has 95 heavy (non-hydrogen) atoms. The van der Waals surface area contributed by atoms with Crippen molar-refractivity contribution in [2.75, 3.05) is 13.2 Å². The lowest BCUT2D eigenvalue weighted by molar-refractivity contribution is -0.312. The molecule has 14 atom stereocenters. The van der Waals surface area contributed by atoms with Crippen LogP contribution >= 0.6 is 11.3 Å². The third-order valence-corrected chi connectivity index (χ3v) is 20.6. The molecule has 8 rings (SSSR count). The van der Waals surface area contributed by atoms with Gasteiger partial charge in [0.1, 0.15) is 35.7 Å². The number of nitrogens with one attached hydrogen (secondary N) is 4. The zero-order valence-corrected chi connectivity index (χ0v) is 55.3. The summed E-state index contributed by atoms with van der Waals surface area (Å²) in [5.74, 6) is -11.1. The van der Waals surface area contributed by atoms with Crippen molar-refractivity contribution in [1.82, 2.24) is 21.3 Å². The minimum atomic E-state index is -2.16. The first-order valence-electron chi connectivity index (χ1n) is 32.1. The van der Waals surface area contributed by atoms with Gasteiger partial charge in [0, 0.05) is 83.7 Å². The van der Waals surface area contributed by atoms with Gasteiger partial charge in [0.05, 0.1) is 42.3 Å². The fourth-order valence-corrected chi connectivity index (χ4v) is 14.9. The van der Waals surface area contributed by atoms with Crippen molar-refractivity contribution in [3.63, 3.8) is 0 Å². The van der Waals surface area contributed by atoms with E-state index >= 15 is 9.59 Å². The van der Waals surface area contributed by atoms with E-state index in [0.717, 1.165) is 4.88 Å². The van der Waals surface area contributed by atoms with Gasteiger partial charge in [-0.25, -0.2) is 9.59 Å². The number of benzene rings is 3. The Hall–Kier alpha value is -8.71. The van der Waals surface area contributed by atoms with E-state index in [1.165, 1.54) is 24.3 Å². The van der Waals surface area contributed by atoms with E-state index in [0.29, 0.717) is 16.7 Å². The maximum absolute atomic E-state index is 15.5. The third-order valence-electron chi connectivity index (χ3n) is 19.7. The molecule has 4 aliphatic rings. The number of rotatable bonds is 29. The topological polar surface area (TPSA) is 365 Å². The summed E-state index contributed by atoms with van der Waals surface area (Å²) < 4.78 is 25.1. The molecule has 0 radical (unpaired) electrons. The van der Waals surface area contributed by atoms with Gasteiger partial charge in [-0.05, 0) is 105 Å². The lowest BCUT2D eigenvalue weighted by Gasteiger charge is -2.68. The zero-order valence-electron chi connectivity index (χ0n) is 54.5. The Morgan fingerprint density at radius 1 is 0.779 bits per heavy atom. The van der Waals surface area contributed by atoms with Crippen LogP contribution in [0.25, 0.3) is 6.08 Å². The van der Waals surface area contributed by atoms with Gasteiger partial charge in [-0.15, -0.1) is 11.3 Å². The number of nitrogens with two attached hydrogens (primary N) is 2. The molecule has 4 aromatic rings. The minimum absolute atomic E-state index is 0.0616. The molecule has 1 aliphatic heterocycles. The first-order valence-corrected chi connectivity index (χ1v) is 32.9. The van der Waals surface area contributed by atoms with Crippen molar-refractivity contribution < 1.29 is 81.9 Å². The number of esters is 3. The van der Waals surface area contributed by atoms with Crippen LogP contribution in [0.5, 0.6) is 0 Å². The number of hydrogen-bond acceptors (Lipinski definition) is 18. The largest absolute Gasteiger partial charge is 0.455 e. The number of Topliss-reactive ketones (excluding diaryl/α,β-unsaturated/α-hetero) is 2. The van der Waals surface area contributed by atoms with Crippen LogP contribution in [0.15, 0.2) is 126 Å². The van der Waals surface area contributed by atoms with Gasteiger partial charge >= 0.3 is 17.9 Å². The highest BCUT2D eigenvalue weighted by atomic mass is 32.1. The van der Waals surface area contributed by atoms with E-state index in [9.17, 15) is 53.4 Å². The molecule has 2 heterocycles. The van der Waals surface area contributed by atoms with Gasteiger partial charge in [-0.1, -0.05) is 100 Å². The Bertz CT molecular complexity index is 3570. The molecular weight excluding hydrogens is 1240 g/mol. The first-order chi connectivity index (χ1) is 45.0. The van der Waals surface area contributed by atoms with Crippen LogP contribution in [0.2, 0.25) is 0 Å². The van der Waals surface area contributed by atoms with Crippen molar-refractivity contribution in [3.05, 3.63) is 147 Å². The van der Waals surface area contributed by atoms with Gasteiger partial charge in [0.25, 0.3) is 5.91 Å². The molecule has 2 bridgehead atoms. The maximum atomic E-state index is 15.5. The molecule has 3 fully saturated rings. The van der Waals surface area contributed by atoms with E-state index in [2.05, 4.69) is 21.3 Å². The van der Waals surface area contributed by atoms with Crippen LogP contribution < -0.4 is 32.7 Å². The molecule has 508 valence electrons. The van der Waals surface area contributed by atoms with Crippen LogP contribution in [-0.4, -0.2) is 136 Å². The normalized spacial score (nSPS) is 25.8. The number of carbonyl (C=O) groups excluding carboxylic acids is 11. The van der Waals surface area contributed by atoms with Gasteiger partial charge in [-0.2, -0.15) is 0 Å². The maximum Gasteiger partial charge on any atom is 0.350 e. The van der Waals surface area contributed by atoms with Gasteiger partial charge in [0.2, 0.25) is 35.6 Å². The molecule has 2 saturated carbocycles. The minimum Gasteiger partial charge on any atom is -0.455 e. The number of aliphatic hydroxyl groups excluding tert-OH is 1. The highest BCUT2D eigenvalue weighted by molar-refractivity contribution is 7.10. The second-order valence-electron chi connectivity index (χ2n) is 26.3. The predicted octanol–water partition coefficient (Wildman–Crippen LogP) is 5.85. The molecule has 1 aromatic heterocycles. The van der Waals surface area contributed by atoms with Crippen LogP contribution in [-0.2, 0) is 62.1 Å². The molecule has 6 amide bonds. The molecular formula is C71H86N6O17S. The van der Waals surface area contributed by atoms with Gasteiger partial charge < -0.3 is 61.9 Å². The molecule has 10 N–H and O–H groups in total. The summed E-state index contributed by atoms with van der Waals surface area (Å²) in [6.45, 7) is 12.0. The molecule has 3 aromatic carbocycles. The second-order valence-corrected chi connectivity index (χ2v) is 27.2. The average molecular weight is 1330 g/mol. The number of unbranched alkanes of at least 4 members (excludes halogenated alkanes) is 1. The standard InChI is InChI=1S/C71H86N6O17S/c1-40-50(38-71(90)62(94-66(88)45-24-15-10-16-25-45)60-69(6)39-91-52(69)37-51(79)70(60,7)61(84)41(2)57(40)68(71,4)5)92-67(89)59(58(43-20-11-8-12-21-43)77-65(87)44-22-13-9-14-23-44)93-56(83)33-32-53(80)74-34-18-17-27-48(64(73)86)76-55(82)30-28-46(63(72)85)36-49(78)42(3)75-54(81)31-29-47-26-19-35-95-47/h8-16,19-26,29,31,35,41-42,46,48,50-52,58-60,62,79,90H,17-18,27-28,30,32-34,36-39H2,1-7H3,(H2,72,85)(H2,73,86)(H,74,80)(H,75,81)(H,76,82)(H,77,87)/b31-29+/t41-,42?,46-,48?,50+,51+,52-,58+,59-,60-,62+,69-,70-,71-/m1/s1. The highest BCUT2D eigenvalue weighted by Gasteiger charge is 2.75. The number of hydrogen-bond donors (Lipinski definition) is 8. The number of amides is 6. The van der Waals surface area contributed by atoms with Crippen LogP contribution in [0, 0.1) is 34.0 Å². The molecule has 3 aliphatic carbocycles. The number of aliphatic hydroxyl groups is 2. The summed E-state index contributed by atoms with van der Waals surface area (Å²) in [6.07, 6.45) is -5.31. The van der Waals surface area contributed by atoms with Gasteiger partial charge in [-0.3, -0.25) is 43.2 Å². The number of ether oxygens (including phenoxy) is 4. The Morgan fingerprint density at radius 2 is 1.43 bits per heavy atom. The third kappa shape index (κ3) is 16.2. The number of thiophene rings is 1. The highest BCUT2D eigenvalue weighted by Crippen LogP contribution is 2.66. The van der Waals surface area contributed by atoms with E-state index in [4.69, 9.17) is 30.4 Å². The SMILES string of the molecule is CC1=C2[C@@H](C)C(=O)[C@@]3(C)[C@H]([C@H](OC(=O)c4ccccc4)[C@](O)(C[C@@H]1OC(=O)[C@H](OC(=O)CCC(=O)NCCCCC(NC(=O)CC[C@H](CC(=O)C(C)NC(=O)/C=C/c1cccs1)C(N)=O)C(N)=O)[C@@H](NC(=O)c1ccccc1)c1ccccc1)C2(C)C)[C@]1(C)CO[C@@H]1C[C@@H]3O. The first kappa shape index (κ1) is 72.1. The van der Waals surface area contributed by atoms with Crippen molar-refractivity contribution >= 4 is 82.3 Å². The number of ketones is 2. The van der Waals surface area contributed by atoms with Crippen LogP contribution in [0.3, 0.4) is 0 Å². The Kier molecular flexibility index (Phi) is 23.4. The number of carbonyl (C=O) groups is 11. The summed E-state index contributed by atoms with van der Waals surface area (Å²) in [4.78, 5) is 151. The van der Waals surface area contributed by atoms with Crippen molar-refractivity contribution in [2.24, 2.45) is 45.5 Å². The summed E-state index contributed by atoms with van der Waals surface area (Å²) in [6, 6.07) is 24.5. The fraction of sp³-hybridized carbons (Fsp3) is 0.479. The van der Waals surface area contributed by atoms with E-state index < -0.39 is 167 Å². The quantitative estimate of drug-likeness (QED) is 0.0104.